The van der Waals surface area contributed by atoms with Crippen LogP contribution >= 0.6 is 0 Å². The van der Waals surface area contributed by atoms with Gasteiger partial charge in [0.15, 0.2) is 0 Å². The van der Waals surface area contributed by atoms with E-state index < -0.39 is 10.0 Å². The Morgan fingerprint density at radius 2 is 2.05 bits per heavy atom. The van der Waals surface area contributed by atoms with Crippen LogP contribution in [0.4, 0.5) is 0 Å². The van der Waals surface area contributed by atoms with Gasteiger partial charge in [-0.25, -0.2) is 13.1 Å². The Labute approximate surface area is 129 Å². The van der Waals surface area contributed by atoms with Gasteiger partial charge in [0.2, 0.25) is 10.0 Å². The van der Waals surface area contributed by atoms with Crippen molar-refractivity contribution in [3.05, 3.63) is 48.4 Å². The summed E-state index contributed by atoms with van der Waals surface area (Å²) in [5.74, 6) is 0.577. The van der Waals surface area contributed by atoms with Crippen LogP contribution in [0.3, 0.4) is 0 Å². The van der Waals surface area contributed by atoms with Crippen molar-refractivity contribution >= 4 is 10.0 Å². The second-order valence-corrected chi connectivity index (χ2v) is 7.13. The molecular formula is C15H18N2O4S. The summed E-state index contributed by atoms with van der Waals surface area (Å²) in [7, 11) is -3.47. The third-order valence-corrected chi connectivity index (χ3v) is 4.98. The molecule has 7 heteroatoms. The van der Waals surface area contributed by atoms with Gasteiger partial charge in [0.1, 0.15) is 23.9 Å². The molecular weight excluding hydrogens is 304 g/mol. The van der Waals surface area contributed by atoms with Gasteiger partial charge in [-0.2, -0.15) is 0 Å². The molecule has 2 atom stereocenters. The van der Waals surface area contributed by atoms with Crippen LogP contribution in [0, 0.1) is 0 Å². The van der Waals surface area contributed by atoms with E-state index in [0.717, 1.165) is 25.0 Å². The maximum Gasteiger partial charge on any atom is 0.217 e. The molecule has 1 aliphatic rings. The minimum atomic E-state index is -3.47. The van der Waals surface area contributed by atoms with Crippen molar-refractivity contribution in [1.82, 2.24) is 9.88 Å². The smallest absolute Gasteiger partial charge is 0.217 e. The molecule has 22 heavy (non-hydrogen) atoms. The second kappa shape index (κ2) is 6.50. The van der Waals surface area contributed by atoms with Gasteiger partial charge in [-0.15, -0.1) is 0 Å². The van der Waals surface area contributed by atoms with Gasteiger partial charge in [-0.05, 0) is 31.4 Å². The highest BCUT2D eigenvalue weighted by molar-refractivity contribution is 7.88. The number of aromatic nitrogens is 1. The molecule has 1 aliphatic carbocycles. The van der Waals surface area contributed by atoms with E-state index in [9.17, 15) is 8.42 Å². The molecule has 6 nitrogen and oxygen atoms in total. The van der Waals surface area contributed by atoms with Crippen molar-refractivity contribution in [3.8, 4) is 5.75 Å². The minimum Gasteiger partial charge on any atom is -0.489 e. The first-order valence-corrected chi connectivity index (χ1v) is 8.88. The zero-order valence-corrected chi connectivity index (χ0v) is 12.8. The average Bonchev–Trinajstić information content (AvgIpc) is 3.12. The summed E-state index contributed by atoms with van der Waals surface area (Å²) < 4.78 is 37.7. The van der Waals surface area contributed by atoms with E-state index in [1.165, 1.54) is 6.26 Å². The van der Waals surface area contributed by atoms with E-state index in [0.29, 0.717) is 5.69 Å². The predicted octanol–water partition coefficient (Wildman–Crippen LogP) is 2.09. The fourth-order valence-electron chi connectivity index (χ4n) is 2.65. The van der Waals surface area contributed by atoms with Gasteiger partial charge in [0, 0.05) is 6.07 Å². The molecule has 0 aliphatic heterocycles. The lowest BCUT2D eigenvalue weighted by Gasteiger charge is -2.22. The van der Waals surface area contributed by atoms with Crippen molar-refractivity contribution in [3.63, 3.8) is 0 Å². The lowest BCUT2D eigenvalue weighted by Crippen LogP contribution is -2.42. The molecule has 118 valence electrons. The molecule has 1 fully saturated rings. The summed E-state index contributed by atoms with van der Waals surface area (Å²) in [6.07, 6.45) is 3.77. The van der Waals surface area contributed by atoms with Crippen LogP contribution < -0.4 is 9.46 Å². The van der Waals surface area contributed by atoms with Crippen LogP contribution in [0.1, 0.15) is 25.0 Å². The molecule has 1 aromatic heterocycles. The van der Waals surface area contributed by atoms with E-state index in [1.54, 1.807) is 6.07 Å². The van der Waals surface area contributed by atoms with E-state index >= 15 is 0 Å². The van der Waals surface area contributed by atoms with Crippen molar-refractivity contribution in [2.75, 3.05) is 0 Å². The predicted molar refractivity (Wildman–Crippen MR) is 80.8 cm³/mol. The Kier molecular flexibility index (Phi) is 4.44. The molecule has 0 spiro atoms. The fourth-order valence-corrected chi connectivity index (χ4v) is 4.01. The highest BCUT2D eigenvalue weighted by Crippen LogP contribution is 2.25. The molecule has 1 aromatic carbocycles. The van der Waals surface area contributed by atoms with E-state index in [-0.39, 0.29) is 17.9 Å². The maximum absolute atomic E-state index is 12.2. The minimum absolute atomic E-state index is 0.144. The zero-order chi connectivity index (χ0) is 15.4. The van der Waals surface area contributed by atoms with Crippen molar-refractivity contribution in [2.24, 2.45) is 0 Å². The summed E-state index contributed by atoms with van der Waals surface area (Å²) in [6, 6.07) is 10.8. The molecule has 0 saturated heterocycles. The molecule has 1 saturated carbocycles. The van der Waals surface area contributed by atoms with Crippen molar-refractivity contribution in [2.45, 2.75) is 37.2 Å². The van der Waals surface area contributed by atoms with Crippen molar-refractivity contribution < 1.29 is 17.7 Å². The molecule has 3 rings (SSSR count). The normalized spacial score (nSPS) is 21.8. The van der Waals surface area contributed by atoms with Gasteiger partial charge < -0.3 is 9.26 Å². The topological polar surface area (TPSA) is 81.4 Å². The van der Waals surface area contributed by atoms with Crippen LogP contribution in [0.2, 0.25) is 0 Å². The quantitative estimate of drug-likeness (QED) is 0.881. The molecule has 2 aromatic rings. The van der Waals surface area contributed by atoms with E-state index in [1.807, 2.05) is 30.3 Å². The third-order valence-electron chi connectivity index (χ3n) is 3.64. The zero-order valence-electron chi connectivity index (χ0n) is 12.0. The number of ether oxygens (including phenoxy) is 1. The van der Waals surface area contributed by atoms with Gasteiger partial charge in [-0.3, -0.25) is 0 Å². The van der Waals surface area contributed by atoms with E-state index in [4.69, 9.17) is 4.74 Å². The molecule has 0 unspecified atom stereocenters. The number of para-hydroxylation sites is 1. The molecule has 0 radical (unpaired) electrons. The van der Waals surface area contributed by atoms with E-state index in [2.05, 4.69) is 14.4 Å². The number of benzene rings is 1. The first-order chi connectivity index (χ1) is 10.6. The van der Waals surface area contributed by atoms with Crippen LogP contribution in [0.15, 0.2) is 47.2 Å². The van der Waals surface area contributed by atoms with Crippen LogP contribution in [-0.2, 0) is 15.8 Å². The van der Waals surface area contributed by atoms with Crippen molar-refractivity contribution in [1.29, 1.82) is 0 Å². The molecule has 1 N–H and O–H groups in total. The van der Waals surface area contributed by atoms with Gasteiger partial charge in [-0.1, -0.05) is 23.4 Å². The lowest BCUT2D eigenvalue weighted by atomic mass is 10.2. The number of nitrogens with zero attached hydrogens (tertiary/aromatic N) is 1. The summed E-state index contributed by atoms with van der Waals surface area (Å²) in [5.41, 5.74) is 0.394. The van der Waals surface area contributed by atoms with Crippen LogP contribution in [0.5, 0.6) is 5.75 Å². The molecule has 1 heterocycles. The molecule has 0 amide bonds. The summed E-state index contributed by atoms with van der Waals surface area (Å²) in [4.78, 5) is 0. The summed E-state index contributed by atoms with van der Waals surface area (Å²) in [6.45, 7) is 0. The SMILES string of the molecule is O=S(=O)(Cc1ccon1)N[C@H]1CCC[C@H]1Oc1ccccc1. The van der Waals surface area contributed by atoms with Crippen LogP contribution in [-0.4, -0.2) is 25.7 Å². The first-order valence-electron chi connectivity index (χ1n) is 7.23. The van der Waals surface area contributed by atoms with Gasteiger partial charge >= 0.3 is 0 Å². The molecule has 0 bridgehead atoms. The Balaban J connectivity index is 1.63. The Bertz CT molecular complexity index is 686. The highest BCUT2D eigenvalue weighted by Gasteiger charge is 2.32. The summed E-state index contributed by atoms with van der Waals surface area (Å²) in [5, 5.41) is 3.64. The average molecular weight is 322 g/mol. The largest absolute Gasteiger partial charge is 0.489 e. The monoisotopic (exact) mass is 322 g/mol. The fraction of sp³-hybridized carbons (Fsp3) is 0.400. The Morgan fingerprint density at radius 3 is 2.77 bits per heavy atom. The Hall–Kier alpha value is -1.86. The second-order valence-electron chi connectivity index (χ2n) is 5.37. The summed E-state index contributed by atoms with van der Waals surface area (Å²) >= 11 is 0. The Morgan fingerprint density at radius 1 is 1.23 bits per heavy atom. The number of sulfonamides is 1. The number of hydrogen-bond acceptors (Lipinski definition) is 5. The van der Waals surface area contributed by atoms with Crippen LogP contribution in [0.25, 0.3) is 0 Å². The lowest BCUT2D eigenvalue weighted by molar-refractivity contribution is 0.185. The number of rotatable bonds is 6. The van der Waals surface area contributed by atoms with Gasteiger partial charge in [0.05, 0.1) is 11.7 Å². The highest BCUT2D eigenvalue weighted by atomic mass is 32.2. The maximum atomic E-state index is 12.2. The first kappa shape index (κ1) is 15.1. The third kappa shape index (κ3) is 3.86. The number of hydrogen-bond donors (Lipinski definition) is 1. The van der Waals surface area contributed by atoms with Gasteiger partial charge in [0.25, 0.3) is 0 Å². The number of nitrogens with one attached hydrogen (secondary N) is 1. The standard InChI is InChI=1S/C15H18N2O4S/c18-22(19,11-12-9-10-20-16-12)17-14-7-4-8-15(14)21-13-5-2-1-3-6-13/h1-3,5-6,9-10,14-15,17H,4,7-8,11H2/t14-,15+/m0/s1.